The average Bonchev–Trinajstić information content (AvgIpc) is 3.15. The number of fused-ring (bicyclic) bond motifs is 1. The number of hydrogen-bond donors (Lipinski definition) is 3. The van der Waals surface area contributed by atoms with Gasteiger partial charge in [0.2, 0.25) is 0 Å². The van der Waals surface area contributed by atoms with E-state index < -0.39 is 21.9 Å². The predicted octanol–water partition coefficient (Wildman–Crippen LogP) is 4.50. The number of benzene rings is 2. The van der Waals surface area contributed by atoms with Crippen LogP contribution in [-0.4, -0.2) is 25.4 Å². The molecular weight excluding hydrogens is 474 g/mol. The molecule has 0 spiro atoms. The van der Waals surface area contributed by atoms with Gasteiger partial charge in [-0.3, -0.25) is 9.52 Å². The van der Waals surface area contributed by atoms with Crippen LogP contribution in [0.2, 0.25) is 0 Å². The molecule has 174 valence electrons. The lowest BCUT2D eigenvalue weighted by Crippen LogP contribution is -2.16. The maximum atomic E-state index is 12.9. The largest absolute Gasteiger partial charge is 0.478 e. The van der Waals surface area contributed by atoms with E-state index in [0.717, 1.165) is 29.7 Å². The monoisotopic (exact) mass is 495 g/mol. The van der Waals surface area contributed by atoms with Crippen LogP contribution in [0.25, 0.3) is 0 Å². The van der Waals surface area contributed by atoms with Crippen molar-refractivity contribution >= 4 is 43.9 Å². The van der Waals surface area contributed by atoms with Crippen molar-refractivity contribution < 1.29 is 23.1 Å². The van der Waals surface area contributed by atoms with Gasteiger partial charge in [-0.25, -0.2) is 13.2 Å². The topological polar surface area (TPSA) is 136 Å². The van der Waals surface area contributed by atoms with E-state index in [4.69, 9.17) is 5.11 Å². The van der Waals surface area contributed by atoms with Gasteiger partial charge in [0.1, 0.15) is 11.1 Å². The van der Waals surface area contributed by atoms with Crippen LogP contribution in [0.15, 0.2) is 53.4 Å². The van der Waals surface area contributed by atoms with E-state index in [0.29, 0.717) is 16.5 Å². The molecule has 1 aliphatic carbocycles. The molecule has 1 heterocycles. The van der Waals surface area contributed by atoms with E-state index in [2.05, 4.69) is 23.0 Å². The summed E-state index contributed by atoms with van der Waals surface area (Å²) in [5.41, 5.74) is 1.83. The van der Waals surface area contributed by atoms with Crippen LogP contribution in [0.4, 0.5) is 10.7 Å². The van der Waals surface area contributed by atoms with Gasteiger partial charge < -0.3 is 10.4 Å². The van der Waals surface area contributed by atoms with Crippen LogP contribution in [0, 0.1) is 17.2 Å². The van der Waals surface area contributed by atoms with Crippen LogP contribution in [0.3, 0.4) is 0 Å². The Hall–Kier alpha value is -3.68. The van der Waals surface area contributed by atoms with Gasteiger partial charge in [-0.2, -0.15) is 5.26 Å². The molecular formula is C24H21N3O5S2. The maximum absolute atomic E-state index is 12.9. The number of rotatable bonds is 6. The molecule has 0 saturated heterocycles. The third-order valence-electron chi connectivity index (χ3n) is 5.64. The molecule has 0 saturated carbocycles. The Morgan fingerprint density at radius 2 is 1.88 bits per heavy atom. The predicted molar refractivity (Wildman–Crippen MR) is 129 cm³/mol. The molecule has 4 rings (SSSR count). The van der Waals surface area contributed by atoms with E-state index in [-0.39, 0.29) is 21.7 Å². The summed E-state index contributed by atoms with van der Waals surface area (Å²) in [6.07, 6.45) is 2.67. The number of carbonyl (C=O) groups excluding carboxylic acids is 1. The third kappa shape index (κ3) is 4.81. The summed E-state index contributed by atoms with van der Waals surface area (Å²) in [7, 11) is -4.02. The zero-order valence-corrected chi connectivity index (χ0v) is 19.8. The van der Waals surface area contributed by atoms with Gasteiger partial charge in [0, 0.05) is 16.1 Å². The highest BCUT2D eigenvalue weighted by molar-refractivity contribution is 7.92. The van der Waals surface area contributed by atoms with Gasteiger partial charge in [-0.05, 0) is 73.2 Å². The van der Waals surface area contributed by atoms with Gasteiger partial charge >= 0.3 is 5.97 Å². The van der Waals surface area contributed by atoms with E-state index >= 15 is 0 Å². The number of aromatic carboxylic acids is 1. The Morgan fingerprint density at radius 3 is 2.56 bits per heavy atom. The maximum Gasteiger partial charge on any atom is 0.335 e. The van der Waals surface area contributed by atoms with Crippen LogP contribution in [0.1, 0.15) is 50.1 Å². The smallest absolute Gasteiger partial charge is 0.335 e. The molecule has 10 heteroatoms. The molecule has 0 aliphatic heterocycles. The number of sulfonamides is 1. The van der Waals surface area contributed by atoms with E-state index in [9.17, 15) is 23.3 Å². The number of hydrogen-bond acceptors (Lipinski definition) is 6. The molecule has 2 aromatic carbocycles. The van der Waals surface area contributed by atoms with Crippen molar-refractivity contribution in [2.45, 2.75) is 31.1 Å². The summed E-state index contributed by atoms with van der Waals surface area (Å²) < 4.78 is 28.0. The van der Waals surface area contributed by atoms with Crippen molar-refractivity contribution in [1.29, 1.82) is 5.26 Å². The molecule has 0 fully saturated rings. The van der Waals surface area contributed by atoms with Gasteiger partial charge in [0.05, 0.1) is 16.0 Å². The SMILES string of the molecule is C[C@H]1CCc2c(sc(NC(=O)c3cccc(S(=O)(=O)Nc4ccc(C(=O)O)cc4)c3)c2C#N)C1. The quantitative estimate of drug-likeness (QED) is 0.461. The zero-order valence-electron chi connectivity index (χ0n) is 18.2. The zero-order chi connectivity index (χ0) is 24.5. The molecule has 3 aromatic rings. The number of nitrogens with zero attached hydrogens (tertiary/aromatic N) is 1. The Balaban J connectivity index is 1.55. The molecule has 0 unspecified atom stereocenters. The van der Waals surface area contributed by atoms with Gasteiger partial charge in [0.25, 0.3) is 15.9 Å². The first kappa shape index (κ1) is 23.5. The highest BCUT2D eigenvalue weighted by Gasteiger charge is 2.25. The van der Waals surface area contributed by atoms with Crippen molar-refractivity contribution in [3.63, 3.8) is 0 Å². The number of amides is 1. The number of anilines is 2. The fraction of sp³-hybridized carbons (Fsp3) is 0.208. The molecule has 34 heavy (non-hydrogen) atoms. The second-order valence-electron chi connectivity index (χ2n) is 8.14. The van der Waals surface area contributed by atoms with Gasteiger partial charge in [-0.1, -0.05) is 13.0 Å². The minimum atomic E-state index is -4.02. The normalized spacial score (nSPS) is 15.1. The molecule has 8 nitrogen and oxygen atoms in total. The summed E-state index contributed by atoms with van der Waals surface area (Å²) in [4.78, 5) is 24.9. The van der Waals surface area contributed by atoms with Gasteiger partial charge in [-0.15, -0.1) is 11.3 Å². The number of thiophene rings is 1. The fourth-order valence-electron chi connectivity index (χ4n) is 3.83. The first-order chi connectivity index (χ1) is 16.2. The van der Waals surface area contributed by atoms with Crippen molar-refractivity contribution in [2.24, 2.45) is 5.92 Å². The molecule has 3 N–H and O–H groups in total. The summed E-state index contributed by atoms with van der Waals surface area (Å²) in [5.74, 6) is -1.10. The first-order valence-electron chi connectivity index (χ1n) is 10.5. The van der Waals surface area contributed by atoms with Crippen molar-refractivity contribution in [3.8, 4) is 6.07 Å². The molecule has 1 aromatic heterocycles. The standard InChI is InChI=1S/C24H21N3O5S2/c1-14-5-10-19-20(13-25)23(33-21(19)11-14)26-22(28)16-3-2-4-18(12-16)34(31,32)27-17-8-6-15(7-9-17)24(29)30/h2-4,6-9,12,14,27H,5,10-11H2,1H3,(H,26,28)(H,29,30)/t14-/m0/s1. The Bertz CT molecular complexity index is 1420. The summed E-state index contributed by atoms with van der Waals surface area (Å²) >= 11 is 1.40. The van der Waals surface area contributed by atoms with Crippen LogP contribution < -0.4 is 10.0 Å². The number of nitrogens with one attached hydrogen (secondary N) is 2. The lowest BCUT2D eigenvalue weighted by atomic mass is 9.88. The molecule has 0 bridgehead atoms. The summed E-state index contributed by atoms with van der Waals surface area (Å²) in [5, 5.41) is 21.9. The summed E-state index contributed by atoms with van der Waals surface area (Å²) in [6.45, 7) is 2.16. The average molecular weight is 496 g/mol. The molecule has 1 aliphatic rings. The Labute approximate surface area is 200 Å². The fourth-order valence-corrected chi connectivity index (χ4v) is 6.29. The van der Waals surface area contributed by atoms with E-state index in [1.807, 2.05) is 0 Å². The number of carboxylic acids is 1. The van der Waals surface area contributed by atoms with Crippen LogP contribution in [-0.2, 0) is 22.9 Å². The Morgan fingerprint density at radius 1 is 1.15 bits per heavy atom. The second-order valence-corrected chi connectivity index (χ2v) is 10.9. The van der Waals surface area contributed by atoms with Crippen molar-refractivity contribution in [1.82, 2.24) is 0 Å². The molecule has 0 radical (unpaired) electrons. The van der Waals surface area contributed by atoms with Crippen molar-refractivity contribution in [2.75, 3.05) is 10.0 Å². The lowest BCUT2D eigenvalue weighted by molar-refractivity contribution is 0.0696. The highest BCUT2D eigenvalue weighted by atomic mass is 32.2. The second kappa shape index (κ2) is 9.29. The molecule has 1 amide bonds. The van der Waals surface area contributed by atoms with Crippen molar-refractivity contribution in [3.05, 3.63) is 75.7 Å². The van der Waals surface area contributed by atoms with Crippen LogP contribution in [0.5, 0.6) is 0 Å². The summed E-state index contributed by atoms with van der Waals surface area (Å²) in [6, 6.07) is 13.0. The van der Waals surface area contributed by atoms with E-state index in [1.54, 1.807) is 0 Å². The highest BCUT2D eigenvalue weighted by Crippen LogP contribution is 2.39. The number of nitriles is 1. The lowest BCUT2D eigenvalue weighted by Gasteiger charge is -2.17. The first-order valence-corrected chi connectivity index (χ1v) is 12.8. The number of carboxylic acid groups (broad SMARTS) is 1. The van der Waals surface area contributed by atoms with E-state index in [1.165, 1.54) is 59.9 Å². The minimum Gasteiger partial charge on any atom is -0.478 e. The van der Waals surface area contributed by atoms with Gasteiger partial charge in [0.15, 0.2) is 0 Å². The third-order valence-corrected chi connectivity index (χ3v) is 8.19. The van der Waals surface area contributed by atoms with Crippen LogP contribution >= 0.6 is 11.3 Å². The molecule has 1 atom stereocenters. The number of carbonyl (C=O) groups is 2. The minimum absolute atomic E-state index is 0.0306. The Kier molecular flexibility index (Phi) is 6.41.